The van der Waals surface area contributed by atoms with E-state index in [1.165, 1.54) is 21.1 Å². The fraction of sp³-hybridized carbons (Fsp3) is 0.269. The Hall–Kier alpha value is -3.45. The van der Waals surface area contributed by atoms with Crippen molar-refractivity contribution in [1.82, 2.24) is 5.32 Å². The van der Waals surface area contributed by atoms with Gasteiger partial charge >= 0.3 is 6.09 Å². The normalized spacial score (nSPS) is 12.5. The Bertz CT molecular complexity index is 1140. The third-order valence-electron chi connectivity index (χ3n) is 5.69. The lowest BCUT2D eigenvalue weighted by atomic mass is 9.92. The van der Waals surface area contributed by atoms with E-state index < -0.39 is 6.09 Å². The van der Waals surface area contributed by atoms with Crippen LogP contribution in [0.15, 0.2) is 60.7 Å². The Balaban J connectivity index is 1.46. The van der Waals surface area contributed by atoms with Crippen LogP contribution in [0, 0.1) is 0 Å². The zero-order valence-corrected chi connectivity index (χ0v) is 19.3. The molecule has 0 bridgehead atoms. The molecule has 0 unspecified atom stereocenters. The number of alkyl carbamates (subject to hydrolysis) is 1. The van der Waals surface area contributed by atoms with Crippen molar-refractivity contribution in [2.45, 2.75) is 32.3 Å². The molecule has 1 heterocycles. The first-order valence-electron chi connectivity index (χ1n) is 11.0. The molecule has 0 fully saturated rings. The monoisotopic (exact) mass is 462 g/mol. The van der Waals surface area contributed by atoms with Gasteiger partial charge in [-0.2, -0.15) is 0 Å². The molecule has 0 radical (unpaired) electrons. The second-order valence-corrected chi connectivity index (χ2v) is 9.04. The molecule has 170 valence electrons. The Labute approximate surface area is 197 Å². The smallest absolute Gasteiger partial charge is 0.407 e. The number of rotatable bonds is 7. The van der Waals surface area contributed by atoms with Gasteiger partial charge in [-0.1, -0.05) is 60.7 Å². The van der Waals surface area contributed by atoms with E-state index in [4.69, 9.17) is 4.74 Å². The molecular weight excluding hydrogens is 436 g/mol. The van der Waals surface area contributed by atoms with Gasteiger partial charge in [0, 0.05) is 17.5 Å². The number of thiophene rings is 1. The summed E-state index contributed by atoms with van der Waals surface area (Å²) in [6.07, 6.45) is 3.21. The molecule has 1 N–H and O–H groups in total. The summed E-state index contributed by atoms with van der Waals surface area (Å²) in [4.78, 5) is 41.0. The second-order valence-electron chi connectivity index (χ2n) is 7.95. The van der Waals surface area contributed by atoms with Gasteiger partial charge in [-0.3, -0.25) is 9.59 Å². The quantitative estimate of drug-likeness (QED) is 0.514. The number of nitrogens with zero attached hydrogens (tertiary/aromatic N) is 1. The molecule has 7 heteroatoms. The molecular formula is C26H26N2O4S. The van der Waals surface area contributed by atoms with E-state index in [9.17, 15) is 14.4 Å². The molecule has 2 aromatic carbocycles. The van der Waals surface area contributed by atoms with Crippen LogP contribution < -0.4 is 10.2 Å². The first-order valence-corrected chi connectivity index (χ1v) is 11.8. The van der Waals surface area contributed by atoms with Gasteiger partial charge in [-0.05, 0) is 36.8 Å². The van der Waals surface area contributed by atoms with Crippen molar-refractivity contribution < 1.29 is 19.1 Å². The van der Waals surface area contributed by atoms with Gasteiger partial charge in [0.05, 0.1) is 5.56 Å². The Morgan fingerprint density at radius 2 is 1.64 bits per heavy atom. The van der Waals surface area contributed by atoms with Crippen molar-refractivity contribution in [2.75, 3.05) is 18.5 Å². The van der Waals surface area contributed by atoms with Crippen LogP contribution in [0.5, 0.6) is 0 Å². The highest BCUT2D eigenvalue weighted by Gasteiger charge is 2.29. The summed E-state index contributed by atoms with van der Waals surface area (Å²) < 4.78 is 5.18. The number of hydrogen-bond acceptors (Lipinski definition) is 5. The van der Waals surface area contributed by atoms with Crippen molar-refractivity contribution >= 4 is 34.1 Å². The highest BCUT2D eigenvalue weighted by Crippen LogP contribution is 2.41. The predicted octanol–water partition coefficient (Wildman–Crippen LogP) is 4.75. The van der Waals surface area contributed by atoms with Crippen LogP contribution in [0.25, 0.3) is 0 Å². The number of fused-ring (bicyclic) bond motifs is 1. The van der Waals surface area contributed by atoms with Crippen LogP contribution in [0.1, 0.15) is 44.8 Å². The number of hydrogen-bond donors (Lipinski definition) is 1. The molecule has 33 heavy (non-hydrogen) atoms. The molecule has 2 amide bonds. The van der Waals surface area contributed by atoms with Crippen molar-refractivity contribution in [3.8, 4) is 0 Å². The van der Waals surface area contributed by atoms with E-state index in [-0.39, 0.29) is 24.8 Å². The average molecular weight is 463 g/mol. The van der Waals surface area contributed by atoms with Crippen LogP contribution in [-0.2, 0) is 29.0 Å². The summed E-state index contributed by atoms with van der Waals surface area (Å²) in [7, 11) is 1.65. The molecule has 0 spiro atoms. The van der Waals surface area contributed by atoms with E-state index in [0.29, 0.717) is 16.1 Å². The lowest BCUT2D eigenvalue weighted by Crippen LogP contribution is -2.38. The standard InChI is InChI=1S/C26H26N2O4S/c1-28(22(29)16-27-26(31)32-17-18-10-4-2-5-11-18)25-23(20-14-8-9-15-21(20)33-25)24(30)19-12-6-3-7-13-19/h2-7,10-13H,8-9,14-17H2,1H3,(H,27,31). The lowest BCUT2D eigenvalue weighted by molar-refractivity contribution is -0.117. The maximum Gasteiger partial charge on any atom is 0.407 e. The molecule has 1 aromatic heterocycles. The number of carbonyl (C=O) groups excluding carboxylic acids is 3. The minimum Gasteiger partial charge on any atom is -0.445 e. The van der Waals surface area contributed by atoms with Crippen LogP contribution in [0.4, 0.5) is 9.80 Å². The number of anilines is 1. The number of ketones is 1. The zero-order valence-electron chi connectivity index (χ0n) is 18.5. The first-order chi connectivity index (χ1) is 16.0. The summed E-state index contributed by atoms with van der Waals surface area (Å²) in [5.74, 6) is -0.382. The van der Waals surface area contributed by atoms with E-state index in [1.807, 2.05) is 48.5 Å². The topological polar surface area (TPSA) is 75.7 Å². The molecule has 1 aliphatic carbocycles. The van der Waals surface area contributed by atoms with Gasteiger partial charge in [0.15, 0.2) is 5.78 Å². The SMILES string of the molecule is CN(C(=O)CNC(=O)OCc1ccccc1)c1sc2c(c1C(=O)c1ccccc1)CCCC2. The Morgan fingerprint density at radius 1 is 0.970 bits per heavy atom. The van der Waals surface area contributed by atoms with Crippen LogP contribution in [0.3, 0.4) is 0 Å². The van der Waals surface area contributed by atoms with Gasteiger partial charge < -0.3 is 15.0 Å². The van der Waals surface area contributed by atoms with Crippen molar-refractivity contribution in [2.24, 2.45) is 0 Å². The van der Waals surface area contributed by atoms with E-state index in [2.05, 4.69) is 5.32 Å². The summed E-state index contributed by atoms with van der Waals surface area (Å²) in [5, 5.41) is 3.15. The maximum absolute atomic E-state index is 13.4. The molecule has 0 saturated carbocycles. The van der Waals surface area contributed by atoms with Gasteiger partial charge in [-0.25, -0.2) is 4.79 Å². The fourth-order valence-corrected chi connectivity index (χ4v) is 5.27. The fourth-order valence-electron chi connectivity index (χ4n) is 3.91. The number of ether oxygens (including phenoxy) is 1. The predicted molar refractivity (Wildman–Crippen MR) is 129 cm³/mol. The molecule has 0 aliphatic heterocycles. The van der Waals surface area contributed by atoms with Gasteiger partial charge in [0.25, 0.3) is 0 Å². The third-order valence-corrected chi connectivity index (χ3v) is 7.06. The third kappa shape index (κ3) is 5.31. The zero-order chi connectivity index (χ0) is 23.2. The van der Waals surface area contributed by atoms with Gasteiger partial charge in [-0.15, -0.1) is 11.3 Å². The molecule has 0 saturated heterocycles. The van der Waals surface area contributed by atoms with Crippen molar-refractivity contribution in [3.05, 3.63) is 87.8 Å². The summed E-state index contributed by atoms with van der Waals surface area (Å²) in [6, 6.07) is 18.5. The molecule has 6 nitrogen and oxygen atoms in total. The minimum atomic E-state index is -0.660. The number of amides is 2. The number of aryl methyl sites for hydroxylation is 1. The molecule has 1 aliphatic rings. The summed E-state index contributed by atoms with van der Waals surface area (Å²) >= 11 is 1.50. The van der Waals surface area contributed by atoms with Crippen LogP contribution >= 0.6 is 11.3 Å². The van der Waals surface area contributed by atoms with Crippen molar-refractivity contribution in [1.29, 1.82) is 0 Å². The highest BCUT2D eigenvalue weighted by molar-refractivity contribution is 7.17. The Morgan fingerprint density at radius 3 is 2.36 bits per heavy atom. The van der Waals surface area contributed by atoms with Crippen LogP contribution in [-0.4, -0.2) is 31.4 Å². The highest BCUT2D eigenvalue weighted by atomic mass is 32.1. The number of likely N-dealkylation sites (N-methyl/N-ethyl adjacent to an activating group) is 1. The largest absolute Gasteiger partial charge is 0.445 e. The summed E-state index contributed by atoms with van der Waals surface area (Å²) in [6.45, 7) is -0.0876. The molecule has 0 atom stereocenters. The van der Waals surface area contributed by atoms with E-state index >= 15 is 0 Å². The minimum absolute atomic E-state index is 0.0696. The van der Waals surface area contributed by atoms with Crippen molar-refractivity contribution in [3.63, 3.8) is 0 Å². The molecule has 3 aromatic rings. The lowest BCUT2D eigenvalue weighted by Gasteiger charge is -2.18. The van der Waals surface area contributed by atoms with E-state index in [0.717, 1.165) is 36.8 Å². The maximum atomic E-state index is 13.4. The number of carbonyl (C=O) groups is 3. The average Bonchev–Trinajstić information content (AvgIpc) is 3.25. The van der Waals surface area contributed by atoms with Gasteiger partial charge in [0.1, 0.15) is 18.2 Å². The van der Waals surface area contributed by atoms with Crippen LogP contribution in [0.2, 0.25) is 0 Å². The number of nitrogens with one attached hydrogen (secondary N) is 1. The Kier molecular flexibility index (Phi) is 7.19. The van der Waals surface area contributed by atoms with E-state index in [1.54, 1.807) is 19.2 Å². The van der Waals surface area contributed by atoms with Gasteiger partial charge in [0.2, 0.25) is 5.91 Å². The summed E-state index contributed by atoms with van der Waals surface area (Å²) in [5.41, 5.74) is 3.14. The second kappa shape index (κ2) is 10.4. The number of benzene rings is 2. The first kappa shape index (κ1) is 22.7. The molecule has 4 rings (SSSR count).